The van der Waals surface area contributed by atoms with Gasteiger partial charge in [-0.3, -0.25) is 9.59 Å². The number of halogens is 1. The van der Waals surface area contributed by atoms with Crippen molar-refractivity contribution in [2.75, 3.05) is 6.54 Å². The van der Waals surface area contributed by atoms with Gasteiger partial charge in [-0.1, -0.05) is 85.3 Å². The molecule has 0 saturated heterocycles. The van der Waals surface area contributed by atoms with Gasteiger partial charge in [0, 0.05) is 24.5 Å². The van der Waals surface area contributed by atoms with E-state index in [1.807, 2.05) is 80.6 Å². The molecule has 0 radical (unpaired) electrons. The molecule has 0 heterocycles. The van der Waals surface area contributed by atoms with E-state index in [9.17, 15) is 9.59 Å². The van der Waals surface area contributed by atoms with Crippen LogP contribution in [0.2, 0.25) is 5.02 Å². The Bertz CT molecular complexity index is 1070. The fourth-order valence-electron chi connectivity index (χ4n) is 3.81. The summed E-state index contributed by atoms with van der Waals surface area (Å²) in [7, 11) is 0. The van der Waals surface area contributed by atoms with Crippen molar-refractivity contribution >= 4 is 23.4 Å². The van der Waals surface area contributed by atoms with Crippen molar-refractivity contribution in [2.45, 2.75) is 45.7 Å². The number of benzene rings is 3. The molecule has 1 atom stereocenters. The first kappa shape index (κ1) is 24.5. The summed E-state index contributed by atoms with van der Waals surface area (Å²) in [5, 5.41) is 3.60. The Morgan fingerprint density at radius 2 is 1.64 bits per heavy atom. The van der Waals surface area contributed by atoms with E-state index in [1.54, 1.807) is 17.0 Å². The van der Waals surface area contributed by atoms with Crippen LogP contribution in [0, 0.1) is 6.92 Å². The number of nitrogens with one attached hydrogen (secondary N) is 1. The first-order valence-corrected chi connectivity index (χ1v) is 11.8. The maximum atomic E-state index is 13.7. The van der Waals surface area contributed by atoms with Gasteiger partial charge in [-0.25, -0.2) is 0 Å². The molecule has 3 aromatic carbocycles. The Morgan fingerprint density at radius 1 is 0.939 bits per heavy atom. The molecule has 2 amide bonds. The third-order valence-corrected chi connectivity index (χ3v) is 5.90. The third kappa shape index (κ3) is 7.19. The molecule has 3 aromatic rings. The van der Waals surface area contributed by atoms with Crippen molar-refractivity contribution in [1.82, 2.24) is 10.2 Å². The van der Waals surface area contributed by atoms with Crippen LogP contribution in [-0.4, -0.2) is 29.3 Å². The minimum absolute atomic E-state index is 0.104. The van der Waals surface area contributed by atoms with E-state index >= 15 is 0 Å². The number of nitrogens with zero attached hydrogens (tertiary/aromatic N) is 1. The quantitative estimate of drug-likeness (QED) is 0.441. The summed E-state index contributed by atoms with van der Waals surface area (Å²) in [6.45, 7) is 4.98. The topological polar surface area (TPSA) is 49.4 Å². The Labute approximate surface area is 201 Å². The molecular weight excluding hydrogens is 432 g/mol. The molecule has 172 valence electrons. The molecule has 0 aliphatic carbocycles. The summed E-state index contributed by atoms with van der Waals surface area (Å²) in [5.41, 5.74) is 3.96. The van der Waals surface area contributed by atoms with Gasteiger partial charge in [0.25, 0.3) is 0 Å². The van der Waals surface area contributed by atoms with Crippen LogP contribution in [0.25, 0.3) is 0 Å². The second kappa shape index (κ2) is 12.2. The van der Waals surface area contributed by atoms with E-state index in [0.717, 1.165) is 28.7 Å². The molecule has 5 heteroatoms. The average molecular weight is 463 g/mol. The molecule has 0 aromatic heterocycles. The number of carbonyl (C=O) groups excluding carboxylic acids is 2. The van der Waals surface area contributed by atoms with Crippen LogP contribution in [-0.2, 0) is 29.0 Å². The number of hydrogen-bond acceptors (Lipinski definition) is 2. The molecule has 3 rings (SSSR count). The minimum Gasteiger partial charge on any atom is -0.354 e. The predicted molar refractivity (Wildman–Crippen MR) is 134 cm³/mol. The first-order valence-electron chi connectivity index (χ1n) is 11.4. The Balaban J connectivity index is 1.96. The molecule has 1 N–H and O–H groups in total. The number of rotatable bonds is 10. The summed E-state index contributed by atoms with van der Waals surface area (Å²) in [6, 6.07) is 24.5. The first-order chi connectivity index (χ1) is 16.0. The third-order valence-electron chi connectivity index (χ3n) is 5.67. The Morgan fingerprint density at radius 3 is 2.33 bits per heavy atom. The second-order valence-electron chi connectivity index (χ2n) is 8.25. The molecule has 0 saturated carbocycles. The fourth-order valence-corrected chi connectivity index (χ4v) is 4.03. The molecule has 0 aliphatic heterocycles. The van der Waals surface area contributed by atoms with E-state index < -0.39 is 6.04 Å². The normalized spacial score (nSPS) is 11.6. The van der Waals surface area contributed by atoms with Crippen molar-refractivity contribution < 1.29 is 9.59 Å². The van der Waals surface area contributed by atoms with Crippen molar-refractivity contribution in [3.8, 4) is 0 Å². The highest BCUT2D eigenvalue weighted by molar-refractivity contribution is 6.30. The van der Waals surface area contributed by atoms with Crippen LogP contribution in [0.4, 0.5) is 0 Å². The lowest BCUT2D eigenvalue weighted by Gasteiger charge is -2.32. The molecule has 0 fully saturated rings. The van der Waals surface area contributed by atoms with Crippen molar-refractivity contribution in [2.24, 2.45) is 0 Å². The zero-order valence-electron chi connectivity index (χ0n) is 19.3. The maximum Gasteiger partial charge on any atom is 0.243 e. The summed E-state index contributed by atoms with van der Waals surface area (Å²) in [6.07, 6.45) is 1.46. The van der Waals surface area contributed by atoms with Crippen molar-refractivity contribution in [3.05, 3.63) is 106 Å². The van der Waals surface area contributed by atoms with E-state index in [-0.39, 0.29) is 18.2 Å². The van der Waals surface area contributed by atoms with Gasteiger partial charge in [-0.05, 0) is 47.7 Å². The zero-order valence-corrected chi connectivity index (χ0v) is 20.0. The van der Waals surface area contributed by atoms with Gasteiger partial charge in [0.05, 0.1) is 6.42 Å². The van der Waals surface area contributed by atoms with Crippen LogP contribution in [0.3, 0.4) is 0 Å². The van der Waals surface area contributed by atoms with Gasteiger partial charge >= 0.3 is 0 Å². The average Bonchev–Trinajstić information content (AvgIpc) is 2.81. The van der Waals surface area contributed by atoms with Gasteiger partial charge in [0.1, 0.15) is 6.04 Å². The standard InChI is InChI=1S/C28H31ClN2O2/c1-3-16-30-28(33)26(18-22-11-5-4-6-12-22)31(20-24-14-8-7-10-21(24)2)27(32)19-23-13-9-15-25(29)17-23/h4-15,17,26H,3,16,18-20H2,1-2H3,(H,30,33). The van der Waals surface area contributed by atoms with E-state index in [4.69, 9.17) is 11.6 Å². The number of hydrogen-bond donors (Lipinski definition) is 1. The second-order valence-corrected chi connectivity index (χ2v) is 8.69. The number of amides is 2. The Kier molecular flexibility index (Phi) is 9.08. The largest absolute Gasteiger partial charge is 0.354 e. The summed E-state index contributed by atoms with van der Waals surface area (Å²) in [4.78, 5) is 28.7. The predicted octanol–water partition coefficient (Wildman–Crippen LogP) is 5.36. The lowest BCUT2D eigenvalue weighted by Crippen LogP contribution is -2.51. The number of aryl methyl sites for hydroxylation is 1. The molecule has 4 nitrogen and oxygen atoms in total. The minimum atomic E-state index is -0.620. The lowest BCUT2D eigenvalue weighted by atomic mass is 10.0. The smallest absolute Gasteiger partial charge is 0.243 e. The van der Waals surface area contributed by atoms with Crippen molar-refractivity contribution in [3.63, 3.8) is 0 Å². The van der Waals surface area contributed by atoms with Crippen LogP contribution in [0.15, 0.2) is 78.9 Å². The fraction of sp³-hybridized carbons (Fsp3) is 0.286. The van der Waals surface area contributed by atoms with Crippen molar-refractivity contribution in [1.29, 1.82) is 0 Å². The van der Waals surface area contributed by atoms with Gasteiger partial charge < -0.3 is 10.2 Å². The SMILES string of the molecule is CCCNC(=O)C(Cc1ccccc1)N(Cc1ccccc1C)C(=O)Cc1cccc(Cl)c1. The Hall–Kier alpha value is -3.11. The lowest BCUT2D eigenvalue weighted by molar-refractivity contribution is -0.140. The highest BCUT2D eigenvalue weighted by Gasteiger charge is 2.30. The van der Waals surface area contributed by atoms with Gasteiger partial charge in [0.2, 0.25) is 11.8 Å². The van der Waals surface area contributed by atoms with E-state index in [2.05, 4.69) is 5.32 Å². The van der Waals surface area contributed by atoms with Crippen LogP contribution in [0.5, 0.6) is 0 Å². The molecular formula is C28H31ClN2O2. The van der Waals surface area contributed by atoms with Gasteiger partial charge in [-0.15, -0.1) is 0 Å². The summed E-state index contributed by atoms with van der Waals surface area (Å²) < 4.78 is 0. The number of carbonyl (C=O) groups is 2. The molecule has 0 bridgehead atoms. The van der Waals surface area contributed by atoms with E-state index in [1.165, 1.54) is 0 Å². The molecule has 33 heavy (non-hydrogen) atoms. The highest BCUT2D eigenvalue weighted by atomic mass is 35.5. The van der Waals surface area contributed by atoms with Crippen LogP contribution >= 0.6 is 11.6 Å². The van der Waals surface area contributed by atoms with E-state index in [0.29, 0.717) is 24.5 Å². The highest BCUT2D eigenvalue weighted by Crippen LogP contribution is 2.19. The zero-order chi connectivity index (χ0) is 23.6. The maximum absolute atomic E-state index is 13.7. The van der Waals surface area contributed by atoms with Gasteiger partial charge in [0.15, 0.2) is 0 Å². The van der Waals surface area contributed by atoms with Crippen LogP contribution in [0.1, 0.15) is 35.6 Å². The summed E-state index contributed by atoms with van der Waals surface area (Å²) >= 11 is 6.15. The monoisotopic (exact) mass is 462 g/mol. The van der Waals surface area contributed by atoms with Crippen LogP contribution < -0.4 is 5.32 Å². The molecule has 1 unspecified atom stereocenters. The summed E-state index contributed by atoms with van der Waals surface area (Å²) in [5.74, 6) is -0.234. The van der Waals surface area contributed by atoms with Gasteiger partial charge in [-0.2, -0.15) is 0 Å². The molecule has 0 aliphatic rings. The molecule has 0 spiro atoms.